The molecule has 0 saturated carbocycles. The van der Waals surface area contributed by atoms with Crippen LogP contribution in [0, 0.1) is 0 Å². The molecule has 1 aromatic heterocycles. The van der Waals surface area contributed by atoms with Crippen LogP contribution in [-0.4, -0.2) is 34.6 Å². The summed E-state index contributed by atoms with van der Waals surface area (Å²) in [7, 11) is 0. The van der Waals surface area contributed by atoms with E-state index in [-0.39, 0.29) is 10.8 Å². The predicted molar refractivity (Wildman–Crippen MR) is 61.5 cm³/mol. The number of rotatable bonds is 3. The first-order chi connectivity index (χ1) is 8.20. The molecule has 0 aliphatic heterocycles. The molecule has 1 heterocycles. The standard InChI is InChI=1S/C11H12ClF3N2O/c1-7(2)17(6-11(13,14)15)10(18)8-4-3-5-9(12)16-8/h3-5,7H,6H2,1-2H3. The normalized spacial score (nSPS) is 11.7. The third kappa shape index (κ3) is 4.18. The first kappa shape index (κ1) is 14.8. The minimum Gasteiger partial charge on any atom is -0.326 e. The van der Waals surface area contributed by atoms with Gasteiger partial charge in [0, 0.05) is 6.04 Å². The van der Waals surface area contributed by atoms with Gasteiger partial charge >= 0.3 is 6.18 Å². The Balaban J connectivity index is 2.97. The van der Waals surface area contributed by atoms with Crippen molar-refractivity contribution in [1.29, 1.82) is 0 Å². The van der Waals surface area contributed by atoms with Crippen molar-refractivity contribution in [3.8, 4) is 0 Å². The summed E-state index contributed by atoms with van der Waals surface area (Å²) >= 11 is 5.60. The highest BCUT2D eigenvalue weighted by Crippen LogP contribution is 2.20. The number of hydrogen-bond donors (Lipinski definition) is 0. The number of hydrogen-bond acceptors (Lipinski definition) is 2. The fraction of sp³-hybridized carbons (Fsp3) is 0.455. The Morgan fingerprint density at radius 2 is 2.06 bits per heavy atom. The molecule has 0 radical (unpaired) electrons. The summed E-state index contributed by atoms with van der Waals surface area (Å²) in [5, 5.41) is 0.0663. The van der Waals surface area contributed by atoms with Crippen molar-refractivity contribution < 1.29 is 18.0 Å². The first-order valence-corrected chi connectivity index (χ1v) is 5.59. The third-order valence-electron chi connectivity index (χ3n) is 2.17. The Hall–Kier alpha value is -1.30. The zero-order valence-corrected chi connectivity index (χ0v) is 10.6. The summed E-state index contributed by atoms with van der Waals surface area (Å²) in [4.78, 5) is 16.3. The van der Waals surface area contributed by atoms with Gasteiger partial charge in [-0.2, -0.15) is 13.2 Å². The number of carbonyl (C=O) groups excluding carboxylic acids is 1. The lowest BCUT2D eigenvalue weighted by Crippen LogP contribution is -2.43. The summed E-state index contributed by atoms with van der Waals surface area (Å²) in [6.07, 6.45) is -4.45. The predicted octanol–water partition coefficient (Wildman–Crippen LogP) is 3.15. The molecule has 1 aromatic rings. The molecule has 0 aliphatic carbocycles. The Kier molecular flexibility index (Phi) is 4.56. The van der Waals surface area contributed by atoms with E-state index in [2.05, 4.69) is 4.98 Å². The van der Waals surface area contributed by atoms with Crippen LogP contribution in [0.25, 0.3) is 0 Å². The van der Waals surface area contributed by atoms with E-state index >= 15 is 0 Å². The van der Waals surface area contributed by atoms with Crippen LogP contribution in [0.1, 0.15) is 24.3 Å². The SMILES string of the molecule is CC(C)N(CC(F)(F)F)C(=O)c1cccc(Cl)n1. The van der Waals surface area contributed by atoms with Crippen LogP contribution in [0.2, 0.25) is 5.15 Å². The molecular formula is C11H12ClF3N2O. The van der Waals surface area contributed by atoms with E-state index in [9.17, 15) is 18.0 Å². The molecule has 3 nitrogen and oxygen atoms in total. The number of nitrogens with zero attached hydrogens (tertiary/aromatic N) is 2. The average molecular weight is 281 g/mol. The fourth-order valence-corrected chi connectivity index (χ4v) is 1.52. The van der Waals surface area contributed by atoms with Gasteiger partial charge in [-0.1, -0.05) is 17.7 Å². The van der Waals surface area contributed by atoms with Crippen LogP contribution in [-0.2, 0) is 0 Å². The lowest BCUT2D eigenvalue weighted by atomic mass is 10.2. The third-order valence-corrected chi connectivity index (χ3v) is 2.38. The van der Waals surface area contributed by atoms with Crippen LogP contribution in [0.5, 0.6) is 0 Å². The fourth-order valence-electron chi connectivity index (χ4n) is 1.36. The van der Waals surface area contributed by atoms with Crippen LogP contribution < -0.4 is 0 Å². The molecule has 0 bridgehead atoms. The van der Waals surface area contributed by atoms with Crippen LogP contribution in [0.15, 0.2) is 18.2 Å². The quantitative estimate of drug-likeness (QED) is 0.797. The van der Waals surface area contributed by atoms with Crippen molar-refractivity contribution in [2.24, 2.45) is 0 Å². The van der Waals surface area contributed by atoms with Crippen LogP contribution >= 0.6 is 11.6 Å². The summed E-state index contributed by atoms with van der Waals surface area (Å²) < 4.78 is 37.1. The number of carbonyl (C=O) groups is 1. The second kappa shape index (κ2) is 5.56. The van der Waals surface area contributed by atoms with E-state index in [1.165, 1.54) is 32.0 Å². The molecule has 0 aliphatic rings. The second-order valence-corrected chi connectivity index (χ2v) is 4.37. The number of halogens is 4. The van der Waals surface area contributed by atoms with Gasteiger partial charge in [0.05, 0.1) is 0 Å². The summed E-state index contributed by atoms with van der Waals surface area (Å²) in [6.45, 7) is 1.71. The van der Waals surface area contributed by atoms with Gasteiger partial charge in [0.1, 0.15) is 17.4 Å². The zero-order valence-electron chi connectivity index (χ0n) is 9.83. The Labute approximate surface area is 108 Å². The molecular weight excluding hydrogens is 269 g/mol. The maximum atomic E-state index is 12.4. The second-order valence-electron chi connectivity index (χ2n) is 3.99. The molecule has 0 aromatic carbocycles. The topological polar surface area (TPSA) is 33.2 Å². The average Bonchev–Trinajstić information content (AvgIpc) is 2.23. The monoisotopic (exact) mass is 280 g/mol. The van der Waals surface area contributed by atoms with Crippen molar-refractivity contribution in [2.45, 2.75) is 26.1 Å². The lowest BCUT2D eigenvalue weighted by Gasteiger charge is -2.27. The summed E-state index contributed by atoms with van der Waals surface area (Å²) in [5.74, 6) is -0.787. The Bertz CT molecular complexity index is 435. The van der Waals surface area contributed by atoms with Gasteiger partial charge in [-0.05, 0) is 26.0 Å². The molecule has 1 rings (SSSR count). The number of alkyl halides is 3. The van der Waals surface area contributed by atoms with Gasteiger partial charge in [0.15, 0.2) is 0 Å². The van der Waals surface area contributed by atoms with Gasteiger partial charge in [-0.15, -0.1) is 0 Å². The molecule has 7 heteroatoms. The highest BCUT2D eigenvalue weighted by molar-refractivity contribution is 6.29. The van der Waals surface area contributed by atoms with Gasteiger partial charge < -0.3 is 4.90 Å². The van der Waals surface area contributed by atoms with Crippen LogP contribution in [0.3, 0.4) is 0 Å². The molecule has 18 heavy (non-hydrogen) atoms. The number of pyridine rings is 1. The van der Waals surface area contributed by atoms with E-state index in [1.807, 2.05) is 0 Å². The van der Waals surface area contributed by atoms with Crippen LogP contribution in [0.4, 0.5) is 13.2 Å². The largest absolute Gasteiger partial charge is 0.406 e. The summed E-state index contributed by atoms with van der Waals surface area (Å²) in [5.41, 5.74) is -0.0968. The highest BCUT2D eigenvalue weighted by Gasteiger charge is 2.34. The molecule has 100 valence electrons. The van der Waals surface area contributed by atoms with Crippen molar-refractivity contribution >= 4 is 17.5 Å². The van der Waals surface area contributed by atoms with Gasteiger partial charge in [0.2, 0.25) is 0 Å². The summed E-state index contributed by atoms with van der Waals surface area (Å²) in [6, 6.07) is 3.66. The van der Waals surface area contributed by atoms with E-state index in [4.69, 9.17) is 11.6 Å². The van der Waals surface area contributed by atoms with E-state index in [0.29, 0.717) is 4.90 Å². The minimum atomic E-state index is -4.45. The number of amides is 1. The molecule has 1 amide bonds. The van der Waals surface area contributed by atoms with Crippen molar-refractivity contribution in [2.75, 3.05) is 6.54 Å². The smallest absolute Gasteiger partial charge is 0.326 e. The lowest BCUT2D eigenvalue weighted by molar-refractivity contribution is -0.143. The van der Waals surface area contributed by atoms with E-state index < -0.39 is 24.7 Å². The van der Waals surface area contributed by atoms with Gasteiger partial charge in [-0.3, -0.25) is 4.79 Å². The zero-order chi connectivity index (χ0) is 13.9. The number of aromatic nitrogens is 1. The molecule has 0 unspecified atom stereocenters. The van der Waals surface area contributed by atoms with Gasteiger partial charge in [0.25, 0.3) is 5.91 Å². The van der Waals surface area contributed by atoms with Crippen molar-refractivity contribution in [1.82, 2.24) is 9.88 Å². The van der Waals surface area contributed by atoms with Crippen molar-refractivity contribution in [3.05, 3.63) is 29.0 Å². The molecule has 0 spiro atoms. The molecule has 0 saturated heterocycles. The van der Waals surface area contributed by atoms with E-state index in [0.717, 1.165) is 0 Å². The maximum absolute atomic E-state index is 12.4. The van der Waals surface area contributed by atoms with Crippen molar-refractivity contribution in [3.63, 3.8) is 0 Å². The molecule has 0 atom stereocenters. The van der Waals surface area contributed by atoms with E-state index in [1.54, 1.807) is 0 Å². The Morgan fingerprint density at radius 1 is 1.44 bits per heavy atom. The molecule has 0 fully saturated rings. The minimum absolute atomic E-state index is 0.0663. The highest BCUT2D eigenvalue weighted by atomic mass is 35.5. The first-order valence-electron chi connectivity index (χ1n) is 5.21. The molecule has 0 N–H and O–H groups in total. The van der Waals surface area contributed by atoms with Gasteiger partial charge in [-0.25, -0.2) is 4.98 Å². The maximum Gasteiger partial charge on any atom is 0.406 e. The Morgan fingerprint density at radius 3 is 2.50 bits per heavy atom.